The fraction of sp³-hybridized carbons (Fsp3) is 0.368. The van der Waals surface area contributed by atoms with Gasteiger partial charge in [0.2, 0.25) is 5.88 Å². The van der Waals surface area contributed by atoms with Crippen molar-refractivity contribution < 1.29 is 9.84 Å². The van der Waals surface area contributed by atoms with Crippen LogP contribution in [0.2, 0.25) is 0 Å². The van der Waals surface area contributed by atoms with Crippen LogP contribution in [-0.4, -0.2) is 33.6 Å². The smallest absolute Gasteiger partial charge is 0.216 e. The zero-order chi connectivity index (χ0) is 19.3. The van der Waals surface area contributed by atoms with E-state index in [1.807, 2.05) is 13.0 Å². The summed E-state index contributed by atoms with van der Waals surface area (Å²) in [5.74, 6) is 0.543. The first kappa shape index (κ1) is 20.1. The first-order chi connectivity index (χ1) is 12.2. The van der Waals surface area contributed by atoms with E-state index in [0.717, 1.165) is 11.1 Å². The Morgan fingerprint density at radius 2 is 2.27 bits per heavy atom. The van der Waals surface area contributed by atoms with Crippen LogP contribution < -0.4 is 15.8 Å². The molecule has 1 aromatic heterocycles. The lowest BCUT2D eigenvalue weighted by Crippen LogP contribution is -2.29. The Morgan fingerprint density at radius 1 is 1.54 bits per heavy atom. The molecule has 2 heterocycles. The second kappa shape index (κ2) is 8.47. The molecular formula is C19H27N4O2P. The summed E-state index contributed by atoms with van der Waals surface area (Å²) in [6.07, 6.45) is 6.86. The van der Waals surface area contributed by atoms with Gasteiger partial charge in [0.1, 0.15) is 11.5 Å². The van der Waals surface area contributed by atoms with Crippen molar-refractivity contribution in [1.29, 1.82) is 0 Å². The number of nitrogens with zero attached hydrogens (tertiary/aromatic N) is 2. The SMILES string of the molecule is C=C(O)C1=NC=CC(N)/C1=C\NCc1cnc(OCC(C)(C)P)c(C)c1. The minimum absolute atomic E-state index is 0.00368. The first-order valence-electron chi connectivity index (χ1n) is 8.36. The summed E-state index contributed by atoms with van der Waals surface area (Å²) in [5.41, 5.74) is 9.11. The van der Waals surface area contributed by atoms with Gasteiger partial charge in [-0.25, -0.2) is 4.98 Å². The molecule has 0 bridgehead atoms. The van der Waals surface area contributed by atoms with E-state index in [1.165, 1.54) is 0 Å². The maximum atomic E-state index is 9.65. The van der Waals surface area contributed by atoms with Gasteiger partial charge in [-0.1, -0.05) is 20.4 Å². The van der Waals surface area contributed by atoms with Crippen LogP contribution in [0.3, 0.4) is 0 Å². The van der Waals surface area contributed by atoms with Crippen LogP contribution >= 0.6 is 9.24 Å². The number of hydrogen-bond donors (Lipinski definition) is 3. The summed E-state index contributed by atoms with van der Waals surface area (Å²) in [6.45, 7) is 10.8. The van der Waals surface area contributed by atoms with Crippen molar-refractivity contribution in [3.05, 3.63) is 59.8 Å². The Hall–Kier alpha value is -2.17. The predicted octanol–water partition coefficient (Wildman–Crippen LogP) is 2.76. The largest absolute Gasteiger partial charge is 0.506 e. The second-order valence-electron chi connectivity index (χ2n) is 7.02. The number of aliphatic imine (C=N–C) groups is 1. The van der Waals surface area contributed by atoms with Crippen LogP contribution in [0.1, 0.15) is 25.0 Å². The van der Waals surface area contributed by atoms with Gasteiger partial charge in [-0.05, 0) is 24.6 Å². The van der Waals surface area contributed by atoms with Gasteiger partial charge in [0, 0.05) is 41.4 Å². The highest BCUT2D eigenvalue weighted by Gasteiger charge is 2.18. The number of aliphatic hydroxyl groups excluding tert-OH is 1. The van der Waals surface area contributed by atoms with Gasteiger partial charge in [-0.2, -0.15) is 0 Å². The van der Waals surface area contributed by atoms with Crippen LogP contribution in [0.5, 0.6) is 5.88 Å². The van der Waals surface area contributed by atoms with Gasteiger partial charge in [0.05, 0.1) is 12.6 Å². The van der Waals surface area contributed by atoms with E-state index in [0.29, 0.717) is 30.3 Å². The highest BCUT2D eigenvalue weighted by atomic mass is 31.0. The molecule has 7 heteroatoms. The highest BCUT2D eigenvalue weighted by molar-refractivity contribution is 7.18. The number of ether oxygens (including phenoxy) is 1. The molecule has 4 N–H and O–H groups in total. The Labute approximate surface area is 157 Å². The van der Waals surface area contributed by atoms with E-state index in [4.69, 9.17) is 10.5 Å². The first-order valence-corrected chi connectivity index (χ1v) is 8.94. The summed E-state index contributed by atoms with van der Waals surface area (Å²) in [4.78, 5) is 8.52. The molecule has 0 aliphatic carbocycles. The molecule has 1 aliphatic heterocycles. The summed E-state index contributed by atoms with van der Waals surface area (Å²) in [5, 5.41) is 12.8. The number of allylic oxidation sites excluding steroid dienone is 1. The molecule has 0 aromatic carbocycles. The van der Waals surface area contributed by atoms with Crippen molar-refractivity contribution in [2.45, 2.75) is 38.5 Å². The maximum Gasteiger partial charge on any atom is 0.216 e. The third-order valence-electron chi connectivity index (χ3n) is 3.63. The third kappa shape index (κ3) is 5.68. The van der Waals surface area contributed by atoms with Crippen molar-refractivity contribution in [2.75, 3.05) is 6.61 Å². The number of aryl methyl sites for hydroxylation is 1. The maximum absolute atomic E-state index is 9.65. The van der Waals surface area contributed by atoms with E-state index in [2.05, 4.69) is 45.0 Å². The van der Waals surface area contributed by atoms with Crippen LogP contribution in [0, 0.1) is 6.92 Å². The minimum Gasteiger partial charge on any atom is -0.506 e. The lowest BCUT2D eigenvalue weighted by atomic mass is 10.0. The van der Waals surface area contributed by atoms with Gasteiger partial charge >= 0.3 is 0 Å². The lowest BCUT2D eigenvalue weighted by Gasteiger charge is -2.19. The van der Waals surface area contributed by atoms with Crippen molar-refractivity contribution in [2.24, 2.45) is 10.7 Å². The molecule has 0 spiro atoms. The van der Waals surface area contributed by atoms with Gasteiger partial charge in [0.15, 0.2) is 0 Å². The molecule has 140 valence electrons. The zero-order valence-electron chi connectivity index (χ0n) is 15.5. The topological polar surface area (TPSA) is 92.8 Å². The molecule has 0 amide bonds. The molecule has 0 saturated heterocycles. The summed E-state index contributed by atoms with van der Waals surface area (Å²) >= 11 is 0. The standard InChI is InChI=1S/C19H27N4O2P/c1-12-7-14(9-23-18(12)25-11-19(3,4)26)8-21-10-15-16(20)5-6-22-17(15)13(2)24/h5-7,9-10,16,21,24H,2,8,11,20,26H2,1,3-4H3/b15-10+. The van der Waals surface area contributed by atoms with Gasteiger partial charge in [-0.15, -0.1) is 9.24 Å². The quantitative estimate of drug-likeness (QED) is 0.504. The predicted molar refractivity (Wildman–Crippen MR) is 109 cm³/mol. The minimum atomic E-state index is -0.343. The number of nitrogens with two attached hydrogens (primary N) is 1. The number of aromatic nitrogens is 1. The zero-order valence-corrected chi connectivity index (χ0v) is 16.6. The van der Waals surface area contributed by atoms with Gasteiger partial charge < -0.3 is 20.9 Å². The van der Waals surface area contributed by atoms with Crippen LogP contribution in [0.25, 0.3) is 0 Å². The molecule has 2 rings (SSSR count). The molecule has 6 nitrogen and oxygen atoms in total. The Balaban J connectivity index is 2.01. The van der Waals surface area contributed by atoms with Crippen molar-refractivity contribution in [3.63, 3.8) is 0 Å². The number of hydrogen-bond acceptors (Lipinski definition) is 6. The molecule has 1 aliphatic rings. The molecular weight excluding hydrogens is 347 g/mol. The molecule has 2 unspecified atom stereocenters. The number of nitrogens with one attached hydrogen (secondary N) is 1. The summed E-state index contributed by atoms with van der Waals surface area (Å²) in [7, 11) is 2.76. The molecule has 0 saturated carbocycles. The molecule has 26 heavy (non-hydrogen) atoms. The van der Waals surface area contributed by atoms with Gasteiger partial charge in [-0.3, -0.25) is 4.99 Å². The third-order valence-corrected chi connectivity index (χ3v) is 3.80. The van der Waals surface area contributed by atoms with E-state index in [1.54, 1.807) is 24.7 Å². The van der Waals surface area contributed by atoms with Crippen LogP contribution in [0.15, 0.2) is 53.6 Å². The molecule has 2 atom stereocenters. The fourth-order valence-electron chi connectivity index (χ4n) is 2.35. The van der Waals surface area contributed by atoms with E-state index < -0.39 is 0 Å². The normalized spacial score (nSPS) is 18.6. The summed E-state index contributed by atoms with van der Waals surface area (Å²) in [6, 6.07) is 1.69. The number of pyridine rings is 1. The monoisotopic (exact) mass is 374 g/mol. The van der Waals surface area contributed by atoms with Crippen LogP contribution in [-0.2, 0) is 6.54 Å². The molecule has 0 fully saturated rings. The van der Waals surface area contributed by atoms with Gasteiger partial charge in [0.25, 0.3) is 0 Å². The Morgan fingerprint density at radius 3 is 2.88 bits per heavy atom. The van der Waals surface area contributed by atoms with Crippen LogP contribution in [0.4, 0.5) is 0 Å². The van der Waals surface area contributed by atoms with Crippen molar-refractivity contribution >= 4 is 15.0 Å². The van der Waals surface area contributed by atoms with E-state index >= 15 is 0 Å². The second-order valence-corrected chi connectivity index (χ2v) is 8.58. The van der Waals surface area contributed by atoms with E-state index in [-0.39, 0.29) is 17.0 Å². The van der Waals surface area contributed by atoms with Crippen molar-refractivity contribution in [3.8, 4) is 5.88 Å². The van der Waals surface area contributed by atoms with E-state index in [9.17, 15) is 5.11 Å². The van der Waals surface area contributed by atoms with Crippen molar-refractivity contribution in [1.82, 2.24) is 10.3 Å². The Bertz CT molecular complexity index is 763. The Kier molecular flexibility index (Phi) is 6.57. The molecule has 1 aromatic rings. The lowest BCUT2D eigenvalue weighted by molar-refractivity contribution is 0.275. The molecule has 0 radical (unpaired) electrons. The number of rotatable bonds is 7. The average Bonchev–Trinajstić information content (AvgIpc) is 2.54. The summed E-state index contributed by atoms with van der Waals surface area (Å²) < 4.78 is 5.77. The highest BCUT2D eigenvalue weighted by Crippen LogP contribution is 2.21. The average molecular weight is 374 g/mol. The fourth-order valence-corrected chi connectivity index (χ4v) is 2.44. The number of aliphatic hydroxyl groups is 1.